The molecule has 0 spiro atoms. The predicted molar refractivity (Wildman–Crippen MR) is 66.6 cm³/mol. The van der Waals surface area contributed by atoms with Gasteiger partial charge >= 0.3 is 17.9 Å². The number of carbonyl (C=O) groups is 3. The summed E-state index contributed by atoms with van der Waals surface area (Å²) in [5.74, 6) is -1.79. The van der Waals surface area contributed by atoms with Crippen LogP contribution in [0.4, 0.5) is 0 Å². The van der Waals surface area contributed by atoms with Gasteiger partial charge in [-0.3, -0.25) is 14.4 Å². The number of hydrogen-bond acceptors (Lipinski definition) is 7. The average Bonchev–Trinajstić information content (AvgIpc) is 2.31. The molecule has 1 rings (SSSR count). The minimum atomic E-state index is -0.717. The van der Waals surface area contributed by atoms with Crippen molar-refractivity contribution in [2.75, 3.05) is 13.2 Å². The molecule has 114 valence electrons. The molecule has 20 heavy (non-hydrogen) atoms. The van der Waals surface area contributed by atoms with E-state index < -0.39 is 36.2 Å². The molecule has 1 saturated heterocycles. The van der Waals surface area contributed by atoms with Gasteiger partial charge in [-0.25, -0.2) is 0 Å². The van der Waals surface area contributed by atoms with Gasteiger partial charge in [-0.2, -0.15) is 0 Å². The number of ether oxygens (including phenoxy) is 4. The van der Waals surface area contributed by atoms with E-state index in [4.69, 9.17) is 18.9 Å². The summed E-state index contributed by atoms with van der Waals surface area (Å²) >= 11 is 0. The summed E-state index contributed by atoms with van der Waals surface area (Å²) in [5.41, 5.74) is 0. The fourth-order valence-electron chi connectivity index (χ4n) is 2.08. The Bertz CT molecular complexity index is 379. The number of carbonyl (C=O) groups excluding carboxylic acids is 3. The molecule has 0 aromatic rings. The molecule has 4 atom stereocenters. The van der Waals surface area contributed by atoms with Gasteiger partial charge in [0.1, 0.15) is 6.10 Å². The van der Waals surface area contributed by atoms with Gasteiger partial charge in [0.2, 0.25) is 0 Å². The zero-order chi connectivity index (χ0) is 15.3. The highest BCUT2D eigenvalue weighted by Crippen LogP contribution is 2.26. The summed E-state index contributed by atoms with van der Waals surface area (Å²) in [5, 5.41) is 0. The molecule has 7 heteroatoms. The molecule has 1 aliphatic heterocycles. The van der Waals surface area contributed by atoms with E-state index in [0.29, 0.717) is 0 Å². The number of hydrogen-bond donors (Lipinski definition) is 0. The van der Waals surface area contributed by atoms with Crippen molar-refractivity contribution in [3.63, 3.8) is 0 Å². The van der Waals surface area contributed by atoms with Gasteiger partial charge in [0.25, 0.3) is 0 Å². The fourth-order valence-corrected chi connectivity index (χ4v) is 2.08. The van der Waals surface area contributed by atoms with Crippen LogP contribution in [-0.4, -0.2) is 49.4 Å². The van der Waals surface area contributed by atoms with Crippen LogP contribution in [0.5, 0.6) is 0 Å². The minimum Gasteiger partial charge on any atom is -0.465 e. The molecule has 7 nitrogen and oxygen atoms in total. The predicted octanol–water partition coefficient (Wildman–Crippen LogP) is 0.448. The Morgan fingerprint density at radius 2 is 1.55 bits per heavy atom. The van der Waals surface area contributed by atoms with Gasteiger partial charge in [0.15, 0.2) is 6.10 Å². The standard InChI is InChI=1S/C13H20O7/c1-7-12(19-9(3)15)13(20-10(4)16)11(5-17-7)6-18-8(2)14/h7,11-13H,5-6H2,1-4H3/t7-,11+,12-,13-/m0/s1. The van der Waals surface area contributed by atoms with E-state index in [0.717, 1.165) is 0 Å². The van der Waals surface area contributed by atoms with Crippen LogP contribution in [0, 0.1) is 5.92 Å². The third-order valence-electron chi connectivity index (χ3n) is 2.93. The van der Waals surface area contributed by atoms with Gasteiger partial charge < -0.3 is 18.9 Å². The first-order valence-corrected chi connectivity index (χ1v) is 6.40. The Morgan fingerprint density at radius 1 is 1.00 bits per heavy atom. The van der Waals surface area contributed by atoms with Crippen LogP contribution in [0.2, 0.25) is 0 Å². The van der Waals surface area contributed by atoms with Gasteiger partial charge in [0.05, 0.1) is 25.2 Å². The molecule has 0 aromatic carbocycles. The highest BCUT2D eigenvalue weighted by molar-refractivity contribution is 5.67. The lowest BCUT2D eigenvalue weighted by Crippen LogP contribution is -2.54. The molecule has 0 bridgehead atoms. The quantitative estimate of drug-likeness (QED) is 0.548. The SMILES string of the molecule is CC(=O)OC[C@H]1CO[C@@H](C)[C@H](OC(C)=O)[C@H]1OC(C)=O. The first-order chi connectivity index (χ1) is 9.31. The van der Waals surface area contributed by atoms with E-state index in [9.17, 15) is 14.4 Å². The molecular formula is C13H20O7. The first kappa shape index (κ1) is 16.4. The maximum Gasteiger partial charge on any atom is 0.303 e. The number of rotatable bonds is 4. The highest BCUT2D eigenvalue weighted by Gasteiger charge is 2.43. The zero-order valence-corrected chi connectivity index (χ0v) is 12.1. The maximum atomic E-state index is 11.2. The summed E-state index contributed by atoms with van der Waals surface area (Å²) in [6.45, 7) is 5.85. The lowest BCUT2D eigenvalue weighted by molar-refractivity contribution is -0.209. The minimum absolute atomic E-state index is 0.0394. The van der Waals surface area contributed by atoms with E-state index in [2.05, 4.69) is 0 Å². The average molecular weight is 288 g/mol. The normalized spacial score (nSPS) is 29.4. The third kappa shape index (κ3) is 4.80. The van der Waals surface area contributed by atoms with Crippen LogP contribution in [0.25, 0.3) is 0 Å². The Hall–Kier alpha value is -1.63. The smallest absolute Gasteiger partial charge is 0.303 e. The first-order valence-electron chi connectivity index (χ1n) is 6.40. The van der Waals surface area contributed by atoms with Gasteiger partial charge in [0, 0.05) is 20.8 Å². The molecule has 0 amide bonds. The van der Waals surface area contributed by atoms with Crippen molar-refractivity contribution in [3.8, 4) is 0 Å². The van der Waals surface area contributed by atoms with Crippen molar-refractivity contribution in [1.82, 2.24) is 0 Å². The summed E-state index contributed by atoms with van der Waals surface area (Å²) in [7, 11) is 0. The van der Waals surface area contributed by atoms with Crippen molar-refractivity contribution in [2.24, 2.45) is 5.92 Å². The Kier molecular flexibility index (Phi) is 5.94. The van der Waals surface area contributed by atoms with Crippen LogP contribution in [0.15, 0.2) is 0 Å². The fraction of sp³-hybridized carbons (Fsp3) is 0.769. The molecule has 1 fully saturated rings. The summed E-state index contributed by atoms with van der Waals surface area (Å²) in [6, 6.07) is 0. The van der Waals surface area contributed by atoms with E-state index in [1.54, 1.807) is 6.92 Å². The molecule has 1 aliphatic rings. The molecule has 0 unspecified atom stereocenters. The van der Waals surface area contributed by atoms with Gasteiger partial charge in [-0.15, -0.1) is 0 Å². The summed E-state index contributed by atoms with van der Waals surface area (Å²) < 4.78 is 20.8. The Labute approximate surface area is 117 Å². The van der Waals surface area contributed by atoms with Crippen molar-refractivity contribution in [2.45, 2.75) is 46.0 Å². The monoisotopic (exact) mass is 288 g/mol. The van der Waals surface area contributed by atoms with E-state index >= 15 is 0 Å². The highest BCUT2D eigenvalue weighted by atomic mass is 16.6. The van der Waals surface area contributed by atoms with Crippen LogP contribution in [0.1, 0.15) is 27.7 Å². The van der Waals surface area contributed by atoms with E-state index in [-0.39, 0.29) is 19.1 Å². The van der Waals surface area contributed by atoms with Crippen molar-refractivity contribution in [1.29, 1.82) is 0 Å². The van der Waals surface area contributed by atoms with Gasteiger partial charge in [-0.1, -0.05) is 0 Å². The van der Waals surface area contributed by atoms with Crippen LogP contribution in [0.3, 0.4) is 0 Å². The largest absolute Gasteiger partial charge is 0.465 e. The molecule has 0 radical (unpaired) electrons. The lowest BCUT2D eigenvalue weighted by atomic mass is 9.93. The second-order valence-corrected chi connectivity index (χ2v) is 4.75. The van der Waals surface area contributed by atoms with Crippen molar-refractivity contribution in [3.05, 3.63) is 0 Å². The lowest BCUT2D eigenvalue weighted by Gasteiger charge is -2.39. The number of esters is 3. The van der Waals surface area contributed by atoms with Crippen molar-refractivity contribution >= 4 is 17.9 Å². The second kappa shape index (κ2) is 7.23. The summed E-state index contributed by atoms with van der Waals surface area (Å²) in [4.78, 5) is 33.3. The van der Waals surface area contributed by atoms with Crippen molar-refractivity contribution < 1.29 is 33.3 Å². The Balaban J connectivity index is 2.83. The van der Waals surface area contributed by atoms with Crippen LogP contribution < -0.4 is 0 Å². The zero-order valence-electron chi connectivity index (χ0n) is 12.1. The van der Waals surface area contributed by atoms with E-state index in [1.165, 1.54) is 20.8 Å². The topological polar surface area (TPSA) is 88.1 Å². The van der Waals surface area contributed by atoms with Crippen LogP contribution >= 0.6 is 0 Å². The third-order valence-corrected chi connectivity index (χ3v) is 2.93. The molecule has 0 aliphatic carbocycles. The molecule has 1 heterocycles. The summed E-state index contributed by atoms with van der Waals surface area (Å²) in [6.07, 6.45) is -1.82. The molecule has 0 N–H and O–H groups in total. The van der Waals surface area contributed by atoms with Crippen LogP contribution in [-0.2, 0) is 33.3 Å². The second-order valence-electron chi connectivity index (χ2n) is 4.75. The Morgan fingerprint density at radius 3 is 2.05 bits per heavy atom. The molecule has 0 saturated carbocycles. The maximum absolute atomic E-state index is 11.2. The molecule has 0 aromatic heterocycles. The van der Waals surface area contributed by atoms with E-state index in [1.807, 2.05) is 0 Å². The molecular weight excluding hydrogens is 268 g/mol. The van der Waals surface area contributed by atoms with Gasteiger partial charge in [-0.05, 0) is 6.92 Å².